The second kappa shape index (κ2) is 52.4. The van der Waals surface area contributed by atoms with E-state index in [1.165, 1.54) is 77.8 Å². The molecular weight excluding hydrogens is 1110 g/mol. The third-order valence-corrected chi connectivity index (χ3v) is 13.0. The van der Waals surface area contributed by atoms with E-state index in [-0.39, 0.29) is 109 Å². The first kappa shape index (κ1) is 95.8. The molecule has 13 heteroatoms. The Bertz CT molecular complexity index is 1730. The Balaban J connectivity index is -0.000000118. The summed E-state index contributed by atoms with van der Waals surface area (Å²) in [5.74, 6) is 3.36. The third kappa shape index (κ3) is 36.9. The maximum absolute atomic E-state index is 10.8. The second-order valence-electron chi connectivity index (χ2n) is 21.8. The number of carbonyl (C=O) groups excluding carboxylic acids is 1. The fourth-order valence-electron chi connectivity index (χ4n) is 7.65. The predicted molar refractivity (Wildman–Crippen MR) is 356 cm³/mol. The normalized spacial score (nSPS) is 13.4. The number of unbranched alkanes of at least 4 members (excludes halogenated alkanes) is 2. The van der Waals surface area contributed by atoms with Crippen LogP contribution in [0.2, 0.25) is 0 Å². The van der Waals surface area contributed by atoms with Gasteiger partial charge in [0.15, 0.2) is 0 Å². The molecule has 0 bridgehead atoms. The van der Waals surface area contributed by atoms with Crippen LogP contribution in [0.1, 0.15) is 249 Å². The van der Waals surface area contributed by atoms with Gasteiger partial charge in [-0.15, -0.1) is 22.8 Å². The number of aliphatic hydroxyl groups is 1. The molecule has 0 atom stereocenters. The Morgan fingerprint density at radius 2 is 0.885 bits per heavy atom. The number of nitrogens with zero attached hydrogens (tertiary/aromatic N) is 4. The van der Waals surface area contributed by atoms with Gasteiger partial charge in [-0.2, -0.15) is 0 Å². The average Bonchev–Trinajstić information content (AvgIpc) is 3.30. The van der Waals surface area contributed by atoms with Crippen molar-refractivity contribution in [3.05, 3.63) is 130 Å². The maximum atomic E-state index is 10.8. The van der Waals surface area contributed by atoms with Gasteiger partial charge in [-0.25, -0.2) is 0 Å². The molecule has 78 heavy (non-hydrogen) atoms. The number of Topliss-reactive ketones (excluding diaryl/α,β-unsaturated/α-hetero) is 1. The van der Waals surface area contributed by atoms with Crippen LogP contribution in [-0.2, 0) is 57.2 Å². The number of hydrogen-bond donors (Lipinski definition) is 1. The summed E-state index contributed by atoms with van der Waals surface area (Å²) in [6, 6.07) is 13.3. The van der Waals surface area contributed by atoms with Gasteiger partial charge in [-0.05, 0) is 93.8 Å². The van der Waals surface area contributed by atoms with E-state index in [1.54, 1.807) is 0 Å². The van der Waals surface area contributed by atoms with Crippen LogP contribution in [0.4, 0.5) is 11.4 Å². The minimum Gasteiger partial charge on any atom is -0.656 e. The first-order valence-electron chi connectivity index (χ1n) is 27.3. The molecule has 2 aliphatic rings. The molecule has 0 aliphatic heterocycles. The summed E-state index contributed by atoms with van der Waals surface area (Å²) >= 11 is 0. The molecule has 6 nitrogen and oxygen atoms in total. The molecule has 2 aromatic carbocycles. The number of rotatable bonds is 19. The molecule has 0 fully saturated rings. The third-order valence-electron chi connectivity index (χ3n) is 13.0. The summed E-state index contributed by atoms with van der Waals surface area (Å²) in [6.07, 6.45) is 15.6. The van der Waals surface area contributed by atoms with Crippen LogP contribution in [0.25, 0.3) is 10.6 Å². The molecule has 0 saturated carbocycles. The number of ketones is 1. The van der Waals surface area contributed by atoms with Crippen molar-refractivity contribution < 1.29 is 62.3 Å². The molecule has 8 radical (unpaired) electrons. The van der Waals surface area contributed by atoms with Crippen LogP contribution < -0.4 is 0 Å². The topological polar surface area (TPSA) is 90.2 Å². The molecule has 2 aromatic rings. The minimum absolute atomic E-state index is 0. The molecule has 0 aromatic heterocycles. The van der Waals surface area contributed by atoms with E-state index in [4.69, 9.17) is 43.8 Å². The fourth-order valence-corrected chi connectivity index (χ4v) is 7.65. The van der Waals surface area contributed by atoms with E-state index in [9.17, 15) is 9.90 Å². The number of para-hydroxylation sites is 2. The van der Waals surface area contributed by atoms with Crippen LogP contribution in [0, 0.1) is 60.8 Å². The summed E-state index contributed by atoms with van der Waals surface area (Å²) in [5, 5.41) is 20.0. The van der Waals surface area contributed by atoms with Crippen molar-refractivity contribution in [2.24, 2.45) is 33.7 Å². The Morgan fingerprint density at radius 3 is 1.06 bits per heavy atom. The Morgan fingerprint density at radius 1 is 0.615 bits per heavy atom. The SMILES string of the molecule is C.CC(C)C(=O)C(C)C.CC(C)C(C)(O)C(C)C.CCCCN=C1CCCC=C1[N-]c1c(C(C)C)cccc1C(C)C.CCCCN=C1CCCC=C1[N-]c1c(C(C)C)cccc1C(C)C.[B][B]B([B])[B].[CH3-].[CH3-].[CH3-].[CH3-].[CH3-].[Zr+2].[Zr+3]. The Hall–Kier alpha value is -1.42. The maximum Gasteiger partial charge on any atom is 3.00 e. The largest absolute Gasteiger partial charge is 3.00 e. The molecule has 0 unspecified atom stereocenters. The van der Waals surface area contributed by atoms with E-state index >= 15 is 0 Å². The molecule has 0 spiro atoms. The van der Waals surface area contributed by atoms with Gasteiger partial charge < -0.3 is 52.9 Å². The number of allylic oxidation sites excluding steroid dienone is 4. The van der Waals surface area contributed by atoms with Crippen LogP contribution in [0.5, 0.6) is 0 Å². The van der Waals surface area contributed by atoms with E-state index in [0.29, 0.717) is 41.3 Å². The van der Waals surface area contributed by atoms with Crippen LogP contribution in [-0.4, -0.2) is 77.7 Å². The summed E-state index contributed by atoms with van der Waals surface area (Å²) in [7, 11) is 15.8. The Labute approximate surface area is 532 Å². The molecular formula is C65H117B5N4O2Zr2-2. The average molecular weight is 1220 g/mol. The molecule has 0 heterocycles. The van der Waals surface area contributed by atoms with Crippen molar-refractivity contribution in [2.75, 3.05) is 13.1 Å². The number of aliphatic imine (C=N–C) groups is 2. The van der Waals surface area contributed by atoms with Crippen molar-refractivity contribution >= 4 is 65.2 Å². The van der Waals surface area contributed by atoms with Gasteiger partial charge in [0.05, 0.1) is 5.60 Å². The summed E-state index contributed by atoms with van der Waals surface area (Å²) in [5.41, 5.74) is 11.9. The zero-order valence-electron chi connectivity index (χ0n) is 54.3. The van der Waals surface area contributed by atoms with Gasteiger partial charge >= 0.3 is 52.4 Å². The zero-order chi connectivity index (χ0) is 53.7. The van der Waals surface area contributed by atoms with Crippen molar-refractivity contribution in [1.29, 1.82) is 0 Å². The minimum atomic E-state index is -0.500. The number of hydrogen-bond acceptors (Lipinski definition) is 4. The van der Waals surface area contributed by atoms with Crippen molar-refractivity contribution in [3.63, 3.8) is 0 Å². The van der Waals surface area contributed by atoms with E-state index in [0.717, 1.165) is 63.0 Å². The van der Waals surface area contributed by atoms with Gasteiger partial charge in [-0.1, -0.05) is 216 Å². The second-order valence-corrected chi connectivity index (χ2v) is 21.8. The van der Waals surface area contributed by atoms with E-state index in [1.807, 2.05) is 62.3 Å². The number of carbonyl (C=O) groups is 1. The van der Waals surface area contributed by atoms with Gasteiger partial charge in [-0.3, -0.25) is 14.8 Å². The number of benzene rings is 2. The Kier molecular flexibility index (Phi) is 64.3. The zero-order valence-corrected chi connectivity index (χ0v) is 59.2. The van der Waals surface area contributed by atoms with Crippen molar-refractivity contribution in [1.82, 2.24) is 0 Å². The fraction of sp³-hybridized carbons (Fsp3) is 0.631. The monoisotopic (exact) mass is 1220 g/mol. The molecule has 434 valence electrons. The van der Waals surface area contributed by atoms with Crippen molar-refractivity contribution in [3.8, 4) is 0 Å². The molecule has 0 amide bonds. The van der Waals surface area contributed by atoms with Gasteiger partial charge in [0.25, 0.3) is 0 Å². The smallest absolute Gasteiger partial charge is 0.656 e. The first-order valence-corrected chi connectivity index (χ1v) is 27.3. The molecule has 4 rings (SSSR count). The van der Waals surface area contributed by atoms with E-state index < -0.39 is 12.0 Å². The molecule has 1 N–H and O–H groups in total. The van der Waals surface area contributed by atoms with Crippen LogP contribution in [0.3, 0.4) is 0 Å². The quantitative estimate of drug-likeness (QED) is 0.0863. The summed E-state index contributed by atoms with van der Waals surface area (Å²) in [4.78, 5) is 20.6. The summed E-state index contributed by atoms with van der Waals surface area (Å²) in [6.45, 7) is 42.1. The van der Waals surface area contributed by atoms with Gasteiger partial charge in [0.2, 0.25) is 0 Å². The van der Waals surface area contributed by atoms with Gasteiger partial charge in [0, 0.05) is 73.0 Å². The molecule has 2 aliphatic carbocycles. The predicted octanol–water partition coefficient (Wildman–Crippen LogP) is 19.4. The van der Waals surface area contributed by atoms with Crippen molar-refractivity contribution in [2.45, 2.75) is 232 Å². The standard InChI is InChI=1S/2C22H33N2.C8H18O.C7H14O.CH4.5CH3.B5.2Zr/c2*1-6-7-15-23-20-13-8-9-14-21(20)24-22-18(16(2)3)11-10-12-19(22)17(4)5;1-6(2)8(5,9)7(3)4;1-5(2)7(8)6(3)4;;;;;;;1-4-5(2)3;;/h2*10-12,14,16-17H,6-9,13,15H2,1-5H3;6-7,9H,1-5H3;5-6H,1-4H3;1H4;5*1H3;;;/q2*-1;;;;5*-1;;+2;+3. The first-order chi connectivity index (χ1) is 32.8. The van der Waals surface area contributed by atoms with E-state index in [2.05, 4.69) is 118 Å². The van der Waals surface area contributed by atoms with Crippen LogP contribution >= 0.6 is 0 Å². The van der Waals surface area contributed by atoms with Crippen LogP contribution in [0.15, 0.2) is 69.9 Å². The molecule has 0 saturated heterocycles. The summed E-state index contributed by atoms with van der Waals surface area (Å²) < 4.78 is 0. The van der Waals surface area contributed by atoms with Gasteiger partial charge in [0.1, 0.15) is 5.78 Å².